The molecule has 3 rings (SSSR count). The first-order valence-corrected chi connectivity index (χ1v) is 12.8. The van der Waals surface area contributed by atoms with Gasteiger partial charge in [-0.3, -0.25) is 14.4 Å². The first-order chi connectivity index (χ1) is 14.7. The van der Waals surface area contributed by atoms with E-state index < -0.39 is 22.5 Å². The third-order valence-electron chi connectivity index (χ3n) is 4.12. The smallest absolute Gasteiger partial charge is 0.264 e. The van der Waals surface area contributed by atoms with Crippen molar-refractivity contribution in [2.45, 2.75) is 35.3 Å². The monoisotopic (exact) mass is 496 g/mol. The molecule has 0 atom stereocenters. The molecule has 3 aromatic rings. The molecule has 1 N–H and O–H groups in total. The van der Waals surface area contributed by atoms with E-state index in [0.717, 1.165) is 8.64 Å². The number of carbonyl (C=O) groups is 1. The largest absolute Gasteiger partial charge is 0.299 e. The summed E-state index contributed by atoms with van der Waals surface area (Å²) in [6.45, 7) is 5.34. The number of nitrogens with zero attached hydrogens (tertiary/aromatic N) is 3. The van der Waals surface area contributed by atoms with Gasteiger partial charge in [-0.15, -0.1) is 10.2 Å². The SMILES string of the molecule is Cc1c(Cl)cccc1N(CC(=O)Nc1nnc(SC(C)C)s1)S(=O)(=O)c1ccccc1. The normalized spacial score (nSPS) is 11.5. The zero-order valence-electron chi connectivity index (χ0n) is 17.1. The van der Waals surface area contributed by atoms with Gasteiger partial charge in [0.15, 0.2) is 4.34 Å². The molecular formula is C20H21ClN4O3S3. The number of hydrogen-bond acceptors (Lipinski definition) is 7. The van der Waals surface area contributed by atoms with Gasteiger partial charge in [-0.2, -0.15) is 0 Å². The van der Waals surface area contributed by atoms with Gasteiger partial charge in [0.1, 0.15) is 6.54 Å². The van der Waals surface area contributed by atoms with Crippen LogP contribution in [0.4, 0.5) is 10.8 Å². The van der Waals surface area contributed by atoms with Crippen molar-refractivity contribution in [3.8, 4) is 0 Å². The highest BCUT2D eigenvalue weighted by Crippen LogP contribution is 2.31. The van der Waals surface area contributed by atoms with E-state index in [1.807, 2.05) is 13.8 Å². The Kier molecular flexibility index (Phi) is 7.58. The average Bonchev–Trinajstić information content (AvgIpc) is 3.15. The van der Waals surface area contributed by atoms with Gasteiger partial charge in [-0.1, -0.05) is 72.8 Å². The van der Waals surface area contributed by atoms with E-state index in [4.69, 9.17) is 11.6 Å². The molecule has 0 fully saturated rings. The van der Waals surface area contributed by atoms with Gasteiger partial charge in [-0.05, 0) is 36.8 Å². The van der Waals surface area contributed by atoms with Gasteiger partial charge in [0, 0.05) is 10.3 Å². The Morgan fingerprint density at radius 1 is 1.16 bits per heavy atom. The molecule has 7 nitrogen and oxygen atoms in total. The summed E-state index contributed by atoms with van der Waals surface area (Å²) in [6.07, 6.45) is 0. The minimum atomic E-state index is -4.01. The lowest BCUT2D eigenvalue weighted by atomic mass is 10.2. The molecule has 0 bridgehead atoms. The second-order valence-corrected chi connectivity index (χ2v) is 11.9. The summed E-state index contributed by atoms with van der Waals surface area (Å²) in [4.78, 5) is 12.9. The molecule has 1 amide bonds. The van der Waals surface area contributed by atoms with Crippen LogP contribution in [0.2, 0.25) is 5.02 Å². The fraction of sp³-hybridized carbons (Fsp3) is 0.250. The van der Waals surface area contributed by atoms with Crippen molar-refractivity contribution in [1.82, 2.24) is 10.2 Å². The third kappa shape index (κ3) is 5.76. The molecule has 11 heteroatoms. The van der Waals surface area contributed by atoms with E-state index in [0.29, 0.717) is 26.7 Å². The van der Waals surface area contributed by atoms with Gasteiger partial charge in [-0.25, -0.2) is 8.42 Å². The fourth-order valence-electron chi connectivity index (χ4n) is 2.68. The molecule has 0 unspecified atom stereocenters. The maximum Gasteiger partial charge on any atom is 0.264 e. The lowest BCUT2D eigenvalue weighted by Gasteiger charge is -2.25. The molecule has 1 aromatic heterocycles. The Balaban J connectivity index is 1.91. The molecule has 0 spiro atoms. The Labute approximate surface area is 194 Å². The number of amides is 1. The van der Waals surface area contributed by atoms with Crippen molar-refractivity contribution in [1.29, 1.82) is 0 Å². The Morgan fingerprint density at radius 3 is 2.55 bits per heavy atom. The molecular weight excluding hydrogens is 476 g/mol. The van der Waals surface area contributed by atoms with E-state index in [1.54, 1.807) is 43.3 Å². The van der Waals surface area contributed by atoms with Crippen molar-refractivity contribution in [2.24, 2.45) is 0 Å². The number of thioether (sulfide) groups is 1. The summed E-state index contributed by atoms with van der Waals surface area (Å²) < 4.78 is 28.6. The second-order valence-electron chi connectivity index (χ2n) is 6.80. The van der Waals surface area contributed by atoms with Gasteiger partial charge < -0.3 is 0 Å². The maximum atomic E-state index is 13.4. The predicted molar refractivity (Wildman–Crippen MR) is 127 cm³/mol. The number of halogens is 1. The van der Waals surface area contributed by atoms with E-state index in [9.17, 15) is 13.2 Å². The predicted octanol–water partition coefficient (Wildman–Crippen LogP) is 4.83. The zero-order valence-corrected chi connectivity index (χ0v) is 20.3. The molecule has 0 aliphatic carbocycles. The number of hydrogen-bond donors (Lipinski definition) is 1. The van der Waals surface area contributed by atoms with Gasteiger partial charge >= 0.3 is 0 Å². The number of sulfonamides is 1. The summed E-state index contributed by atoms with van der Waals surface area (Å²) in [5.41, 5.74) is 0.892. The molecule has 2 aromatic carbocycles. The van der Waals surface area contributed by atoms with Crippen LogP contribution >= 0.6 is 34.7 Å². The lowest BCUT2D eigenvalue weighted by molar-refractivity contribution is -0.114. The highest BCUT2D eigenvalue weighted by atomic mass is 35.5. The molecule has 1 heterocycles. The van der Waals surface area contributed by atoms with Crippen LogP contribution in [0.3, 0.4) is 0 Å². The Bertz CT molecular complexity index is 1170. The molecule has 0 radical (unpaired) electrons. The zero-order chi connectivity index (χ0) is 22.6. The summed E-state index contributed by atoms with van der Waals surface area (Å²) >= 11 is 9.00. The molecule has 0 saturated heterocycles. The minimum absolute atomic E-state index is 0.0775. The highest BCUT2D eigenvalue weighted by Gasteiger charge is 2.29. The van der Waals surface area contributed by atoms with Crippen LogP contribution in [-0.4, -0.2) is 36.3 Å². The summed E-state index contributed by atoms with van der Waals surface area (Å²) in [5, 5.41) is 11.7. The number of aromatic nitrogens is 2. The van der Waals surface area contributed by atoms with Crippen LogP contribution < -0.4 is 9.62 Å². The van der Waals surface area contributed by atoms with Crippen LogP contribution in [-0.2, 0) is 14.8 Å². The minimum Gasteiger partial charge on any atom is -0.299 e. The average molecular weight is 497 g/mol. The van der Waals surface area contributed by atoms with Crippen LogP contribution in [0.5, 0.6) is 0 Å². The van der Waals surface area contributed by atoms with Crippen molar-refractivity contribution in [2.75, 3.05) is 16.2 Å². The van der Waals surface area contributed by atoms with Crippen molar-refractivity contribution >= 4 is 61.4 Å². The summed E-state index contributed by atoms with van der Waals surface area (Å²) in [6, 6.07) is 12.9. The highest BCUT2D eigenvalue weighted by molar-refractivity contribution is 8.01. The molecule has 0 aliphatic rings. The van der Waals surface area contributed by atoms with E-state index in [1.165, 1.54) is 35.2 Å². The first kappa shape index (κ1) is 23.5. The summed E-state index contributed by atoms with van der Waals surface area (Å²) in [7, 11) is -4.01. The van der Waals surface area contributed by atoms with Crippen LogP contribution in [0.25, 0.3) is 0 Å². The Morgan fingerprint density at radius 2 is 1.87 bits per heavy atom. The number of benzene rings is 2. The number of nitrogens with one attached hydrogen (secondary N) is 1. The molecule has 0 aliphatic heterocycles. The van der Waals surface area contributed by atoms with Gasteiger partial charge in [0.05, 0.1) is 10.6 Å². The topological polar surface area (TPSA) is 92.3 Å². The van der Waals surface area contributed by atoms with E-state index >= 15 is 0 Å². The second kappa shape index (κ2) is 9.99. The van der Waals surface area contributed by atoms with Crippen molar-refractivity contribution in [3.63, 3.8) is 0 Å². The standard InChI is InChI=1S/C20H21ClN4O3S3/c1-13(2)29-20-24-23-19(30-20)22-18(26)12-25(17-11-7-10-16(21)14(17)3)31(27,28)15-8-5-4-6-9-15/h4-11,13H,12H2,1-3H3,(H,22,23,26). The summed E-state index contributed by atoms with van der Waals surface area (Å²) in [5.74, 6) is -0.531. The number of anilines is 2. The van der Waals surface area contributed by atoms with Crippen LogP contribution in [0.15, 0.2) is 57.8 Å². The quantitative estimate of drug-likeness (QED) is 0.354. The van der Waals surface area contributed by atoms with Crippen molar-refractivity contribution < 1.29 is 13.2 Å². The third-order valence-corrected chi connectivity index (χ3v) is 8.23. The maximum absolute atomic E-state index is 13.4. The molecule has 0 saturated carbocycles. The number of rotatable bonds is 8. The van der Waals surface area contributed by atoms with Crippen molar-refractivity contribution in [3.05, 3.63) is 59.1 Å². The van der Waals surface area contributed by atoms with E-state index in [-0.39, 0.29) is 4.90 Å². The van der Waals surface area contributed by atoms with Gasteiger partial charge in [0.25, 0.3) is 10.0 Å². The fourth-order valence-corrected chi connectivity index (χ4v) is 6.34. The Hall–Kier alpha value is -2.14. The van der Waals surface area contributed by atoms with Crippen LogP contribution in [0, 0.1) is 6.92 Å². The first-order valence-electron chi connectivity index (χ1n) is 9.31. The molecule has 164 valence electrons. The number of carbonyl (C=O) groups excluding carboxylic acids is 1. The van der Waals surface area contributed by atoms with Gasteiger partial charge in [0.2, 0.25) is 11.0 Å². The van der Waals surface area contributed by atoms with E-state index in [2.05, 4.69) is 15.5 Å². The lowest BCUT2D eigenvalue weighted by Crippen LogP contribution is -2.38. The molecule has 31 heavy (non-hydrogen) atoms. The van der Waals surface area contributed by atoms with Crippen LogP contribution in [0.1, 0.15) is 19.4 Å².